The van der Waals surface area contributed by atoms with E-state index >= 15 is 0 Å². The normalized spacial score (nSPS) is 15.7. The molecular formula is C42H48ClN7O3S. The number of fused-ring (bicyclic) bond motifs is 3. The van der Waals surface area contributed by atoms with E-state index in [9.17, 15) is 13.2 Å². The van der Waals surface area contributed by atoms with Gasteiger partial charge in [0, 0.05) is 62.3 Å². The number of nitrogens with one attached hydrogen (secondary N) is 1. The maximum Gasteiger partial charge on any atom is 0.243 e. The molecule has 2 aliphatic rings. The zero-order valence-electron chi connectivity index (χ0n) is 31.4. The molecule has 0 radical (unpaired) electrons. The van der Waals surface area contributed by atoms with E-state index in [1.165, 1.54) is 32.1 Å². The molecule has 1 atom stereocenters. The second-order valence-corrected chi connectivity index (χ2v) is 17.4. The Balaban J connectivity index is 0.983. The molecule has 1 aliphatic heterocycles. The Labute approximate surface area is 323 Å². The van der Waals surface area contributed by atoms with Gasteiger partial charge in [-0.3, -0.25) is 19.7 Å². The first-order valence-corrected chi connectivity index (χ1v) is 20.6. The Morgan fingerprint density at radius 2 is 1.74 bits per heavy atom. The number of hydrogen-bond acceptors (Lipinski definition) is 7. The first kappa shape index (κ1) is 37.9. The molecule has 2 aromatic carbocycles. The van der Waals surface area contributed by atoms with Gasteiger partial charge in [-0.05, 0) is 104 Å². The van der Waals surface area contributed by atoms with Gasteiger partial charge in [0.15, 0.2) is 0 Å². The van der Waals surface area contributed by atoms with Crippen LogP contribution in [0.2, 0.25) is 5.02 Å². The molecule has 12 heteroatoms. The summed E-state index contributed by atoms with van der Waals surface area (Å²) in [6.07, 6.45) is 9.49. The molecule has 1 fully saturated rings. The number of piperidine rings is 1. The first-order valence-electron chi connectivity index (χ1n) is 18.8. The third-order valence-corrected chi connectivity index (χ3v) is 12.9. The lowest BCUT2D eigenvalue weighted by Crippen LogP contribution is -2.47. The van der Waals surface area contributed by atoms with Gasteiger partial charge in [-0.15, -0.1) is 0 Å². The monoisotopic (exact) mass is 765 g/mol. The number of carbonyl (C=O) groups is 1. The number of likely N-dealkylation sites (tertiary alicyclic amines) is 1. The Bertz CT molecular complexity index is 2290. The molecule has 282 valence electrons. The minimum Gasteiger partial charge on any atom is -0.353 e. The molecule has 7 rings (SSSR count). The van der Waals surface area contributed by atoms with Crippen molar-refractivity contribution in [3.8, 4) is 0 Å². The van der Waals surface area contributed by atoms with Crippen molar-refractivity contribution in [1.82, 2.24) is 34.0 Å². The van der Waals surface area contributed by atoms with Crippen molar-refractivity contribution < 1.29 is 13.2 Å². The second kappa shape index (κ2) is 16.1. The standard InChI is InChI=1S/C42H48ClN7O3S/c1-28(2)22-35(48(4)54(52,53)36-12-7-30(8-13-36)26-50-29(3)47-38-25-44-19-15-39(38)50)24-46-40(51)27-49-20-16-31(17-21-49)41-37-14-11-34(43)23-33(37)10-9-32-6-5-18-45-42(32)41/h5-8,11-15,18-19,23,25,28,35H,9-10,16-17,20-22,24,26-27H2,1-4H3,(H,46,51). The number of aromatic nitrogens is 4. The predicted molar refractivity (Wildman–Crippen MR) is 214 cm³/mol. The molecule has 1 aliphatic carbocycles. The molecule has 4 heterocycles. The number of imidazole rings is 1. The number of rotatable bonds is 11. The molecule has 0 saturated carbocycles. The number of amides is 1. The number of pyridine rings is 2. The molecule has 3 aromatic heterocycles. The van der Waals surface area contributed by atoms with Crippen molar-refractivity contribution in [2.75, 3.05) is 33.2 Å². The topological polar surface area (TPSA) is 113 Å². The van der Waals surface area contributed by atoms with E-state index in [4.69, 9.17) is 16.6 Å². The lowest BCUT2D eigenvalue weighted by molar-refractivity contribution is -0.122. The quantitative estimate of drug-likeness (QED) is 0.160. The van der Waals surface area contributed by atoms with E-state index in [1.807, 2.05) is 43.5 Å². The molecular weight excluding hydrogens is 718 g/mol. The number of likely N-dealkylation sites (N-methyl/N-ethyl adjacent to an activating group) is 1. The smallest absolute Gasteiger partial charge is 0.243 e. The average molecular weight is 766 g/mol. The summed E-state index contributed by atoms with van der Waals surface area (Å²) in [7, 11) is -2.20. The molecule has 1 saturated heterocycles. The van der Waals surface area contributed by atoms with E-state index in [0.717, 1.165) is 71.9 Å². The van der Waals surface area contributed by atoms with Gasteiger partial charge in [0.05, 0.1) is 28.8 Å². The Morgan fingerprint density at radius 1 is 0.981 bits per heavy atom. The van der Waals surface area contributed by atoms with Gasteiger partial charge in [0.1, 0.15) is 11.3 Å². The summed E-state index contributed by atoms with van der Waals surface area (Å²) >= 11 is 6.41. The van der Waals surface area contributed by atoms with Crippen LogP contribution < -0.4 is 5.32 Å². The third-order valence-electron chi connectivity index (χ3n) is 10.8. The number of nitrogens with zero attached hydrogens (tertiary/aromatic N) is 6. The molecule has 1 amide bonds. The van der Waals surface area contributed by atoms with Crippen LogP contribution in [0.25, 0.3) is 16.6 Å². The fourth-order valence-electron chi connectivity index (χ4n) is 7.87. The number of hydrogen-bond donors (Lipinski definition) is 1. The highest BCUT2D eigenvalue weighted by molar-refractivity contribution is 7.89. The van der Waals surface area contributed by atoms with Crippen LogP contribution >= 0.6 is 11.6 Å². The summed E-state index contributed by atoms with van der Waals surface area (Å²) in [5, 5.41) is 3.82. The van der Waals surface area contributed by atoms with Crippen LogP contribution in [0.1, 0.15) is 66.9 Å². The van der Waals surface area contributed by atoms with Crippen LogP contribution in [0.3, 0.4) is 0 Å². The molecule has 5 aromatic rings. The van der Waals surface area contributed by atoms with Crippen molar-refractivity contribution in [3.05, 3.63) is 124 Å². The molecule has 10 nitrogen and oxygen atoms in total. The lowest BCUT2D eigenvalue weighted by atomic mass is 9.88. The van der Waals surface area contributed by atoms with Gasteiger partial charge in [-0.2, -0.15) is 4.31 Å². The van der Waals surface area contributed by atoms with E-state index < -0.39 is 16.1 Å². The van der Waals surface area contributed by atoms with Gasteiger partial charge >= 0.3 is 0 Å². The minimum absolute atomic E-state index is 0.102. The van der Waals surface area contributed by atoms with Gasteiger partial charge in [-0.25, -0.2) is 13.4 Å². The zero-order chi connectivity index (χ0) is 38.0. The van der Waals surface area contributed by atoms with E-state index in [2.05, 4.69) is 56.8 Å². The highest BCUT2D eigenvalue weighted by atomic mass is 35.5. The fourth-order valence-corrected chi connectivity index (χ4v) is 9.43. The van der Waals surface area contributed by atoms with Crippen molar-refractivity contribution in [2.45, 2.75) is 70.4 Å². The van der Waals surface area contributed by atoms with Crippen molar-refractivity contribution in [3.63, 3.8) is 0 Å². The van der Waals surface area contributed by atoms with Crippen LogP contribution in [0, 0.1) is 12.8 Å². The van der Waals surface area contributed by atoms with Crippen molar-refractivity contribution in [1.29, 1.82) is 0 Å². The summed E-state index contributed by atoms with van der Waals surface area (Å²) in [5.74, 6) is 0.995. The largest absolute Gasteiger partial charge is 0.353 e. The average Bonchev–Trinajstić information content (AvgIpc) is 3.38. The van der Waals surface area contributed by atoms with Crippen LogP contribution in [0.5, 0.6) is 0 Å². The van der Waals surface area contributed by atoms with Crippen molar-refractivity contribution in [2.24, 2.45) is 5.92 Å². The molecule has 1 N–H and O–H groups in total. The van der Waals surface area contributed by atoms with Gasteiger partial charge in [0.2, 0.25) is 15.9 Å². The molecule has 0 bridgehead atoms. The highest BCUT2D eigenvalue weighted by Gasteiger charge is 2.30. The highest BCUT2D eigenvalue weighted by Crippen LogP contribution is 2.38. The second-order valence-electron chi connectivity index (χ2n) is 14.9. The Morgan fingerprint density at radius 3 is 2.50 bits per heavy atom. The summed E-state index contributed by atoms with van der Waals surface area (Å²) in [6.45, 7) is 8.66. The predicted octanol–water partition coefficient (Wildman–Crippen LogP) is 6.68. The number of sulfonamides is 1. The van der Waals surface area contributed by atoms with Crippen LogP contribution in [0.15, 0.2) is 89.7 Å². The number of halogens is 1. The van der Waals surface area contributed by atoms with Crippen molar-refractivity contribution >= 4 is 44.1 Å². The van der Waals surface area contributed by atoms with Gasteiger partial charge in [0.25, 0.3) is 0 Å². The SMILES string of the molecule is Cc1nc2cnccc2n1Cc1ccc(S(=O)(=O)N(C)C(CNC(=O)CN2CCC(=C3c4ccc(Cl)cc4CCc4cccnc43)CC2)CC(C)C)cc1. The van der Waals surface area contributed by atoms with Crippen LogP contribution in [-0.2, 0) is 34.2 Å². The number of aryl methyl sites for hydroxylation is 3. The van der Waals surface area contributed by atoms with Crippen LogP contribution in [0.4, 0.5) is 0 Å². The van der Waals surface area contributed by atoms with Gasteiger partial charge in [-0.1, -0.05) is 55.3 Å². The first-order chi connectivity index (χ1) is 26.0. The maximum absolute atomic E-state index is 13.9. The van der Waals surface area contributed by atoms with Crippen LogP contribution in [-0.4, -0.2) is 82.3 Å². The summed E-state index contributed by atoms with van der Waals surface area (Å²) in [5.41, 5.74) is 10.1. The third kappa shape index (κ3) is 8.15. The Hall–Kier alpha value is -4.42. The summed E-state index contributed by atoms with van der Waals surface area (Å²) in [4.78, 5) is 29.3. The lowest BCUT2D eigenvalue weighted by Gasteiger charge is -2.31. The number of benzene rings is 2. The van der Waals surface area contributed by atoms with E-state index in [1.54, 1.807) is 31.6 Å². The van der Waals surface area contributed by atoms with Gasteiger partial charge < -0.3 is 9.88 Å². The molecule has 1 unspecified atom stereocenters. The molecule has 54 heavy (non-hydrogen) atoms. The Kier molecular flexibility index (Phi) is 11.3. The zero-order valence-corrected chi connectivity index (χ0v) is 33.0. The summed E-state index contributed by atoms with van der Waals surface area (Å²) < 4.78 is 31.3. The number of carbonyl (C=O) groups excluding carboxylic acids is 1. The summed E-state index contributed by atoms with van der Waals surface area (Å²) in [6, 6.07) is 18.9. The maximum atomic E-state index is 13.9. The fraction of sp³-hybridized carbons (Fsp3) is 0.381. The van der Waals surface area contributed by atoms with E-state index in [-0.39, 0.29) is 29.8 Å². The molecule has 0 spiro atoms. The minimum atomic E-state index is -3.82. The van der Waals surface area contributed by atoms with E-state index in [0.29, 0.717) is 13.0 Å².